The Morgan fingerprint density at radius 3 is 2.41 bits per heavy atom. The maximum atomic E-state index is 12.4. The van der Waals surface area contributed by atoms with Crippen LogP contribution < -0.4 is 10.6 Å². The predicted octanol–water partition coefficient (Wildman–Crippen LogP) is 3.15. The van der Waals surface area contributed by atoms with Crippen LogP contribution in [0, 0.1) is 6.92 Å². The van der Waals surface area contributed by atoms with Gasteiger partial charge in [0.1, 0.15) is 11.5 Å². The molecule has 7 heteroatoms. The number of carbonyl (C=O) groups excluding carboxylic acids is 1. The van der Waals surface area contributed by atoms with Gasteiger partial charge in [0.15, 0.2) is 0 Å². The molecule has 140 valence electrons. The summed E-state index contributed by atoms with van der Waals surface area (Å²) >= 11 is 0. The fourth-order valence-corrected chi connectivity index (χ4v) is 2.62. The Labute approximate surface area is 158 Å². The van der Waals surface area contributed by atoms with Gasteiger partial charge >= 0.3 is 0 Å². The van der Waals surface area contributed by atoms with E-state index in [0.717, 1.165) is 17.2 Å². The summed E-state index contributed by atoms with van der Waals surface area (Å²) in [5, 5.41) is 6.00. The van der Waals surface area contributed by atoms with Crippen LogP contribution in [0.3, 0.4) is 0 Å². The lowest BCUT2D eigenvalue weighted by Gasteiger charge is -2.22. The first-order chi connectivity index (χ1) is 13.0. The Hall–Kier alpha value is -3.19. The van der Waals surface area contributed by atoms with Crippen molar-refractivity contribution in [1.29, 1.82) is 0 Å². The summed E-state index contributed by atoms with van der Waals surface area (Å²) < 4.78 is 5.69. The lowest BCUT2D eigenvalue weighted by atomic mass is 10.2. The second kappa shape index (κ2) is 8.46. The number of carbonyl (C=O) groups is 1. The Morgan fingerprint density at radius 1 is 1.11 bits per heavy atom. The molecule has 0 aliphatic rings. The lowest BCUT2D eigenvalue weighted by molar-refractivity contribution is 0.0938. The van der Waals surface area contributed by atoms with Gasteiger partial charge in [-0.3, -0.25) is 9.69 Å². The number of aryl methyl sites for hydroxylation is 1. The highest BCUT2D eigenvalue weighted by atomic mass is 16.3. The molecular weight excluding hydrogens is 342 g/mol. The molecule has 0 saturated heterocycles. The third-order valence-electron chi connectivity index (χ3n) is 4.11. The average Bonchev–Trinajstić information content (AvgIpc) is 3.09. The Balaban J connectivity index is 1.60. The maximum absolute atomic E-state index is 12.4. The molecule has 2 aromatic heterocycles. The topological polar surface area (TPSA) is 83.3 Å². The minimum Gasteiger partial charge on any atom is -0.465 e. The molecule has 1 atom stereocenters. The van der Waals surface area contributed by atoms with E-state index in [4.69, 9.17) is 4.42 Å². The summed E-state index contributed by atoms with van der Waals surface area (Å²) in [5.41, 5.74) is 1.29. The fraction of sp³-hybridized carbons (Fsp3) is 0.250. The van der Waals surface area contributed by atoms with Crippen molar-refractivity contribution in [2.24, 2.45) is 0 Å². The molecule has 0 aliphatic heterocycles. The molecule has 2 N–H and O–H groups in total. The summed E-state index contributed by atoms with van der Waals surface area (Å²) in [6.45, 7) is 2.32. The van der Waals surface area contributed by atoms with E-state index in [0.29, 0.717) is 18.1 Å². The fourth-order valence-electron chi connectivity index (χ4n) is 2.62. The first kappa shape index (κ1) is 18.6. The van der Waals surface area contributed by atoms with E-state index in [9.17, 15) is 4.79 Å². The normalized spacial score (nSPS) is 12.0. The summed E-state index contributed by atoms with van der Waals surface area (Å²) in [5.74, 6) is 1.88. The van der Waals surface area contributed by atoms with Gasteiger partial charge in [0, 0.05) is 24.6 Å². The SMILES string of the molecule is Cc1ccc([C@H](CNC(=O)c2cnc(Nc3ccccc3)nc2)N(C)C)o1. The van der Waals surface area contributed by atoms with Gasteiger partial charge in [-0.05, 0) is 45.3 Å². The van der Waals surface area contributed by atoms with Crippen molar-refractivity contribution >= 4 is 17.5 Å². The second-order valence-electron chi connectivity index (χ2n) is 6.42. The van der Waals surface area contributed by atoms with Gasteiger partial charge < -0.3 is 15.1 Å². The molecule has 0 unspecified atom stereocenters. The molecule has 0 spiro atoms. The van der Waals surface area contributed by atoms with E-state index in [1.165, 1.54) is 12.4 Å². The molecule has 1 amide bonds. The van der Waals surface area contributed by atoms with Crippen LogP contribution in [-0.4, -0.2) is 41.4 Å². The van der Waals surface area contributed by atoms with E-state index in [1.54, 1.807) is 0 Å². The summed E-state index contributed by atoms with van der Waals surface area (Å²) in [4.78, 5) is 22.8. The quantitative estimate of drug-likeness (QED) is 0.669. The van der Waals surface area contributed by atoms with Gasteiger partial charge in [0.25, 0.3) is 5.91 Å². The van der Waals surface area contributed by atoms with Crippen LogP contribution in [0.2, 0.25) is 0 Å². The number of para-hydroxylation sites is 1. The van der Waals surface area contributed by atoms with Gasteiger partial charge in [-0.15, -0.1) is 0 Å². The molecule has 3 aromatic rings. The highest BCUT2D eigenvalue weighted by molar-refractivity contribution is 5.93. The van der Waals surface area contributed by atoms with E-state index in [2.05, 4.69) is 20.6 Å². The average molecular weight is 365 g/mol. The maximum Gasteiger partial charge on any atom is 0.254 e. The zero-order valence-electron chi connectivity index (χ0n) is 15.6. The summed E-state index contributed by atoms with van der Waals surface area (Å²) in [7, 11) is 3.89. The smallest absolute Gasteiger partial charge is 0.254 e. The van der Waals surface area contributed by atoms with Crippen LogP contribution >= 0.6 is 0 Å². The predicted molar refractivity (Wildman–Crippen MR) is 104 cm³/mol. The monoisotopic (exact) mass is 365 g/mol. The Bertz CT molecular complexity index is 875. The van der Waals surface area contributed by atoms with E-state index >= 15 is 0 Å². The number of rotatable bonds is 7. The third kappa shape index (κ3) is 4.92. The molecule has 2 heterocycles. The van der Waals surface area contributed by atoms with Crippen LogP contribution in [-0.2, 0) is 0 Å². The number of hydrogen-bond acceptors (Lipinski definition) is 6. The Kier molecular flexibility index (Phi) is 5.83. The molecule has 0 radical (unpaired) electrons. The van der Waals surface area contributed by atoms with Gasteiger partial charge in [-0.1, -0.05) is 18.2 Å². The lowest BCUT2D eigenvalue weighted by Crippen LogP contribution is -2.34. The molecule has 0 aliphatic carbocycles. The number of likely N-dealkylation sites (N-methyl/N-ethyl adjacent to an activating group) is 1. The highest BCUT2D eigenvalue weighted by Gasteiger charge is 2.19. The van der Waals surface area contributed by atoms with Gasteiger partial charge in [-0.25, -0.2) is 9.97 Å². The van der Waals surface area contributed by atoms with Gasteiger partial charge in [0.2, 0.25) is 5.95 Å². The summed E-state index contributed by atoms with van der Waals surface area (Å²) in [6.07, 6.45) is 3.02. The number of anilines is 2. The third-order valence-corrected chi connectivity index (χ3v) is 4.11. The largest absolute Gasteiger partial charge is 0.465 e. The first-order valence-electron chi connectivity index (χ1n) is 8.68. The van der Waals surface area contributed by atoms with Crippen molar-refractivity contribution in [3.8, 4) is 0 Å². The molecule has 1 aromatic carbocycles. The number of benzene rings is 1. The molecule has 3 rings (SSSR count). The molecule has 27 heavy (non-hydrogen) atoms. The summed E-state index contributed by atoms with van der Waals surface area (Å²) in [6, 6.07) is 13.4. The van der Waals surface area contributed by atoms with Gasteiger partial charge in [-0.2, -0.15) is 0 Å². The van der Waals surface area contributed by atoms with E-state index < -0.39 is 0 Å². The van der Waals surface area contributed by atoms with Crippen LogP contribution in [0.4, 0.5) is 11.6 Å². The highest BCUT2D eigenvalue weighted by Crippen LogP contribution is 2.20. The zero-order chi connectivity index (χ0) is 19.2. The molecule has 7 nitrogen and oxygen atoms in total. The van der Waals surface area contributed by atoms with Crippen molar-refractivity contribution in [2.75, 3.05) is 26.0 Å². The Morgan fingerprint density at radius 2 is 1.81 bits per heavy atom. The van der Waals surface area contributed by atoms with Crippen molar-refractivity contribution in [3.63, 3.8) is 0 Å². The molecule has 0 saturated carbocycles. The molecular formula is C20H23N5O2. The van der Waals surface area contributed by atoms with Crippen molar-refractivity contribution in [1.82, 2.24) is 20.2 Å². The van der Waals surface area contributed by atoms with Crippen molar-refractivity contribution in [3.05, 3.63) is 71.9 Å². The number of nitrogens with zero attached hydrogens (tertiary/aromatic N) is 3. The molecule has 0 fully saturated rings. The minimum absolute atomic E-state index is 0.0532. The number of aromatic nitrogens is 2. The van der Waals surface area contributed by atoms with Crippen molar-refractivity contribution in [2.45, 2.75) is 13.0 Å². The van der Waals surface area contributed by atoms with E-state index in [1.807, 2.05) is 68.4 Å². The standard InChI is InChI=1S/C20H23N5O2/c1-14-9-10-18(27-14)17(25(2)3)13-21-19(26)15-11-22-20(23-12-15)24-16-7-5-4-6-8-16/h4-12,17H,13H2,1-3H3,(H,21,26)(H,22,23,24)/t17-/m0/s1. The van der Waals surface area contributed by atoms with E-state index in [-0.39, 0.29) is 11.9 Å². The van der Waals surface area contributed by atoms with Crippen molar-refractivity contribution < 1.29 is 9.21 Å². The number of amides is 1. The van der Waals surface area contributed by atoms with Crippen LogP contribution in [0.25, 0.3) is 0 Å². The zero-order valence-corrected chi connectivity index (χ0v) is 15.6. The number of hydrogen-bond donors (Lipinski definition) is 2. The second-order valence-corrected chi connectivity index (χ2v) is 6.42. The molecule has 0 bridgehead atoms. The minimum atomic E-state index is -0.226. The van der Waals surface area contributed by atoms with Crippen LogP contribution in [0.5, 0.6) is 0 Å². The number of furan rings is 1. The van der Waals surface area contributed by atoms with Crippen LogP contribution in [0.1, 0.15) is 27.9 Å². The van der Waals surface area contributed by atoms with Crippen LogP contribution in [0.15, 0.2) is 59.3 Å². The van der Waals surface area contributed by atoms with Gasteiger partial charge in [0.05, 0.1) is 11.6 Å². The first-order valence-corrected chi connectivity index (χ1v) is 8.68. The number of nitrogens with one attached hydrogen (secondary N) is 2.